The maximum absolute atomic E-state index is 14.1. The molecule has 1 N–H and O–H groups in total. The summed E-state index contributed by atoms with van der Waals surface area (Å²) in [6.45, 7) is 0. The van der Waals surface area contributed by atoms with Crippen LogP contribution in [-0.4, -0.2) is 22.6 Å². The fraction of sp³-hybridized carbons (Fsp3) is 0.375. The zero-order valence-corrected chi connectivity index (χ0v) is 12.8. The molecular weight excluding hydrogens is 304 g/mol. The number of hydrogen-bond acceptors (Lipinski definition) is 3. The molecule has 1 aromatic heterocycles. The first-order valence-corrected chi connectivity index (χ1v) is 7.33. The number of benzene rings is 1. The summed E-state index contributed by atoms with van der Waals surface area (Å²) in [5, 5.41) is 2.77. The van der Waals surface area contributed by atoms with Gasteiger partial charge in [0.15, 0.2) is 11.6 Å². The van der Waals surface area contributed by atoms with E-state index in [0.717, 1.165) is 18.9 Å². The second kappa shape index (κ2) is 5.98. The van der Waals surface area contributed by atoms with E-state index >= 15 is 0 Å². The van der Waals surface area contributed by atoms with Crippen molar-refractivity contribution in [1.82, 2.24) is 14.9 Å². The van der Waals surface area contributed by atoms with Crippen LogP contribution in [-0.2, 0) is 7.05 Å². The summed E-state index contributed by atoms with van der Waals surface area (Å²) in [5.41, 5.74) is -0.424. The van der Waals surface area contributed by atoms with Crippen LogP contribution in [0.4, 0.5) is 8.78 Å². The third-order valence-corrected chi connectivity index (χ3v) is 4.02. The van der Waals surface area contributed by atoms with Crippen LogP contribution in [0.1, 0.15) is 35.1 Å². The number of amides is 1. The van der Waals surface area contributed by atoms with Crippen LogP contribution in [0.5, 0.6) is 5.75 Å². The average Bonchev–Trinajstić information content (AvgIpc) is 3.29. The zero-order chi connectivity index (χ0) is 16.6. The Hall–Kier alpha value is -2.44. The molecule has 1 amide bonds. The molecule has 5 nitrogen and oxygen atoms in total. The molecule has 2 aromatic rings. The molecule has 0 unspecified atom stereocenters. The largest absolute Gasteiger partial charge is 0.496 e. The van der Waals surface area contributed by atoms with Crippen LogP contribution in [0, 0.1) is 17.6 Å². The summed E-state index contributed by atoms with van der Waals surface area (Å²) >= 11 is 0. The fourth-order valence-corrected chi connectivity index (χ4v) is 2.63. The Morgan fingerprint density at radius 2 is 2.17 bits per heavy atom. The van der Waals surface area contributed by atoms with Crippen molar-refractivity contribution in [3.05, 3.63) is 47.5 Å². The van der Waals surface area contributed by atoms with Crippen molar-refractivity contribution in [3.63, 3.8) is 0 Å². The van der Waals surface area contributed by atoms with E-state index in [1.807, 2.05) is 11.6 Å². The van der Waals surface area contributed by atoms with Gasteiger partial charge in [-0.3, -0.25) is 4.79 Å². The molecule has 7 heteroatoms. The Kier molecular flexibility index (Phi) is 4.02. The SMILES string of the molecule is COc1ccc(F)c(F)c1C(=O)N[C@@H](c1nccn1C)C1CC1. The van der Waals surface area contributed by atoms with Gasteiger partial charge in [-0.1, -0.05) is 0 Å². The Bertz CT molecular complexity index is 741. The molecule has 1 aliphatic rings. The molecule has 122 valence electrons. The third kappa shape index (κ3) is 2.91. The first-order chi connectivity index (χ1) is 11.0. The highest BCUT2D eigenvalue weighted by Gasteiger charge is 2.36. The molecule has 0 bridgehead atoms. The van der Waals surface area contributed by atoms with E-state index in [1.165, 1.54) is 13.2 Å². The standard InChI is InChI=1S/C16H17F2N3O2/c1-21-8-7-19-15(21)14(9-3-4-9)20-16(22)12-11(23-2)6-5-10(17)13(12)18/h5-9,14H,3-4H2,1-2H3,(H,20,22)/t14-/m1/s1. The number of carbonyl (C=O) groups is 1. The van der Waals surface area contributed by atoms with Crippen LogP contribution < -0.4 is 10.1 Å². The van der Waals surface area contributed by atoms with Gasteiger partial charge in [0.2, 0.25) is 0 Å². The Labute approximate surface area is 132 Å². The Balaban J connectivity index is 1.92. The topological polar surface area (TPSA) is 56.1 Å². The van der Waals surface area contributed by atoms with E-state index in [-0.39, 0.29) is 17.7 Å². The quantitative estimate of drug-likeness (QED) is 0.921. The van der Waals surface area contributed by atoms with E-state index in [1.54, 1.807) is 12.4 Å². The fourth-order valence-electron chi connectivity index (χ4n) is 2.63. The number of hydrogen-bond donors (Lipinski definition) is 1. The van der Waals surface area contributed by atoms with Gasteiger partial charge in [0, 0.05) is 19.4 Å². The summed E-state index contributed by atoms with van der Waals surface area (Å²) in [6.07, 6.45) is 5.33. The lowest BCUT2D eigenvalue weighted by Crippen LogP contribution is -2.32. The molecule has 1 atom stereocenters. The van der Waals surface area contributed by atoms with Crippen molar-refractivity contribution in [2.45, 2.75) is 18.9 Å². The van der Waals surface area contributed by atoms with Gasteiger partial charge in [-0.2, -0.15) is 0 Å². The first-order valence-electron chi connectivity index (χ1n) is 7.33. The highest BCUT2D eigenvalue weighted by atomic mass is 19.2. The third-order valence-electron chi connectivity index (χ3n) is 4.02. The molecule has 0 radical (unpaired) electrons. The van der Waals surface area contributed by atoms with Gasteiger partial charge in [0.1, 0.15) is 17.1 Å². The van der Waals surface area contributed by atoms with Gasteiger partial charge >= 0.3 is 0 Å². The molecule has 1 heterocycles. The van der Waals surface area contributed by atoms with Crippen molar-refractivity contribution in [2.24, 2.45) is 13.0 Å². The van der Waals surface area contributed by atoms with E-state index in [9.17, 15) is 13.6 Å². The van der Waals surface area contributed by atoms with Crippen molar-refractivity contribution in [3.8, 4) is 5.75 Å². The Morgan fingerprint density at radius 3 is 2.74 bits per heavy atom. The summed E-state index contributed by atoms with van der Waals surface area (Å²) in [4.78, 5) is 16.8. The van der Waals surface area contributed by atoms with Crippen LogP contribution in [0.2, 0.25) is 0 Å². The minimum absolute atomic E-state index is 0.00390. The molecule has 23 heavy (non-hydrogen) atoms. The van der Waals surface area contributed by atoms with Gasteiger partial charge in [0.05, 0.1) is 13.2 Å². The second-order valence-electron chi connectivity index (χ2n) is 5.62. The lowest BCUT2D eigenvalue weighted by atomic mass is 10.1. The number of nitrogens with one attached hydrogen (secondary N) is 1. The second-order valence-corrected chi connectivity index (χ2v) is 5.62. The molecule has 0 aliphatic heterocycles. The lowest BCUT2D eigenvalue weighted by molar-refractivity contribution is 0.0920. The maximum Gasteiger partial charge on any atom is 0.258 e. The van der Waals surface area contributed by atoms with E-state index in [0.29, 0.717) is 5.82 Å². The number of rotatable bonds is 5. The number of aromatic nitrogens is 2. The number of ether oxygens (including phenoxy) is 1. The summed E-state index contributed by atoms with van der Waals surface area (Å²) < 4.78 is 34.3. The van der Waals surface area contributed by atoms with Crippen molar-refractivity contribution >= 4 is 5.91 Å². The minimum Gasteiger partial charge on any atom is -0.496 e. The molecule has 0 spiro atoms. The van der Waals surface area contributed by atoms with E-state index in [2.05, 4.69) is 10.3 Å². The smallest absolute Gasteiger partial charge is 0.258 e. The van der Waals surface area contributed by atoms with E-state index < -0.39 is 23.1 Å². The van der Waals surface area contributed by atoms with Crippen LogP contribution in [0.25, 0.3) is 0 Å². The number of halogens is 2. The number of aryl methyl sites for hydroxylation is 1. The maximum atomic E-state index is 14.1. The number of imidazole rings is 1. The first kappa shape index (κ1) is 15.5. The van der Waals surface area contributed by atoms with Gasteiger partial charge < -0.3 is 14.6 Å². The molecule has 3 rings (SSSR count). The summed E-state index contributed by atoms with van der Waals surface area (Å²) in [5.74, 6) is -2.07. The van der Waals surface area contributed by atoms with Crippen LogP contribution >= 0.6 is 0 Å². The number of nitrogens with zero attached hydrogens (tertiary/aromatic N) is 2. The monoisotopic (exact) mass is 321 g/mol. The molecule has 0 saturated heterocycles. The van der Waals surface area contributed by atoms with Gasteiger partial charge in [-0.15, -0.1) is 0 Å². The average molecular weight is 321 g/mol. The predicted octanol–water partition coefficient (Wildman–Crippen LogP) is 2.59. The van der Waals surface area contributed by atoms with Crippen LogP contribution in [0.3, 0.4) is 0 Å². The van der Waals surface area contributed by atoms with Crippen LogP contribution in [0.15, 0.2) is 24.5 Å². The van der Waals surface area contributed by atoms with Gasteiger partial charge in [-0.25, -0.2) is 13.8 Å². The van der Waals surface area contributed by atoms with E-state index in [4.69, 9.17) is 4.74 Å². The minimum atomic E-state index is -1.21. The molecule has 1 aromatic carbocycles. The summed E-state index contributed by atoms with van der Waals surface area (Å²) in [7, 11) is 3.13. The van der Waals surface area contributed by atoms with Gasteiger partial charge in [0.25, 0.3) is 5.91 Å². The number of carbonyl (C=O) groups excluding carboxylic acids is 1. The van der Waals surface area contributed by atoms with Gasteiger partial charge in [-0.05, 0) is 30.9 Å². The summed E-state index contributed by atoms with van der Waals surface area (Å²) in [6, 6.07) is 1.83. The molecule has 1 fully saturated rings. The highest BCUT2D eigenvalue weighted by Crippen LogP contribution is 2.40. The lowest BCUT2D eigenvalue weighted by Gasteiger charge is -2.19. The normalized spacial score (nSPS) is 15.3. The molecular formula is C16H17F2N3O2. The number of methoxy groups -OCH3 is 1. The predicted molar refractivity (Wildman–Crippen MR) is 79.0 cm³/mol. The van der Waals surface area contributed by atoms with Crippen molar-refractivity contribution in [1.29, 1.82) is 0 Å². The van der Waals surface area contributed by atoms with Crippen molar-refractivity contribution in [2.75, 3.05) is 7.11 Å². The zero-order valence-electron chi connectivity index (χ0n) is 12.8. The Morgan fingerprint density at radius 1 is 1.43 bits per heavy atom. The highest BCUT2D eigenvalue weighted by molar-refractivity contribution is 5.97. The van der Waals surface area contributed by atoms with Crippen molar-refractivity contribution < 1.29 is 18.3 Å². The molecule has 1 saturated carbocycles. The molecule has 1 aliphatic carbocycles.